The molecule has 1 aromatic carbocycles. The monoisotopic (exact) mass is 459 g/mol. The zero-order valence-electron chi connectivity index (χ0n) is 19.2. The van der Waals surface area contributed by atoms with Crippen LogP contribution in [-0.4, -0.2) is 80.3 Å². The highest BCUT2D eigenvalue weighted by Gasteiger charge is 2.32. The topological polar surface area (TPSA) is 71.1 Å². The van der Waals surface area contributed by atoms with Crippen molar-refractivity contribution in [3.05, 3.63) is 23.8 Å². The fourth-order valence-corrected chi connectivity index (χ4v) is 3.71. The van der Waals surface area contributed by atoms with Crippen molar-refractivity contribution in [1.29, 1.82) is 0 Å². The van der Waals surface area contributed by atoms with Gasteiger partial charge in [-0.3, -0.25) is 14.5 Å². The SMILES string of the molecule is CO[C@H]1CN(C)C(=O)c2cc(NC(C)=O)ccc2OC[C@@H](C)N(CCC(F)(F)F)C[C@@H]1C. The van der Waals surface area contributed by atoms with Crippen LogP contribution in [0, 0.1) is 5.92 Å². The molecule has 180 valence electrons. The van der Waals surface area contributed by atoms with Crippen LogP contribution < -0.4 is 10.1 Å². The van der Waals surface area contributed by atoms with Crippen LogP contribution in [0.15, 0.2) is 18.2 Å². The third kappa shape index (κ3) is 7.37. The second-order valence-corrected chi connectivity index (χ2v) is 8.35. The van der Waals surface area contributed by atoms with Crippen molar-refractivity contribution < 1.29 is 32.2 Å². The van der Waals surface area contributed by atoms with Crippen LogP contribution in [0.1, 0.15) is 37.6 Å². The van der Waals surface area contributed by atoms with Gasteiger partial charge in [-0.1, -0.05) is 6.92 Å². The van der Waals surface area contributed by atoms with Crippen molar-refractivity contribution >= 4 is 17.5 Å². The summed E-state index contributed by atoms with van der Waals surface area (Å²) in [6.07, 6.45) is -5.54. The minimum absolute atomic E-state index is 0.103. The molecule has 0 radical (unpaired) electrons. The number of nitrogens with zero attached hydrogens (tertiary/aromatic N) is 2. The Hall–Kier alpha value is -2.33. The Morgan fingerprint density at radius 3 is 2.56 bits per heavy atom. The molecule has 1 aromatic rings. The van der Waals surface area contributed by atoms with E-state index in [9.17, 15) is 22.8 Å². The van der Waals surface area contributed by atoms with Gasteiger partial charge in [0.1, 0.15) is 12.4 Å². The first-order chi connectivity index (χ1) is 14.9. The number of amides is 2. The van der Waals surface area contributed by atoms with Gasteiger partial charge < -0.3 is 19.7 Å². The zero-order chi connectivity index (χ0) is 24.1. The van der Waals surface area contributed by atoms with Gasteiger partial charge in [-0.15, -0.1) is 0 Å². The number of anilines is 1. The largest absolute Gasteiger partial charge is 0.491 e. The smallest absolute Gasteiger partial charge is 0.390 e. The van der Waals surface area contributed by atoms with E-state index in [1.54, 1.807) is 37.1 Å². The number of nitrogens with one attached hydrogen (secondary N) is 1. The van der Waals surface area contributed by atoms with E-state index < -0.39 is 12.6 Å². The molecule has 0 aliphatic carbocycles. The minimum atomic E-state index is -4.26. The van der Waals surface area contributed by atoms with Gasteiger partial charge in [0, 0.05) is 52.4 Å². The number of halogens is 3. The Morgan fingerprint density at radius 1 is 1.28 bits per heavy atom. The maximum absolute atomic E-state index is 13.2. The molecule has 10 heteroatoms. The molecule has 1 aliphatic heterocycles. The summed E-state index contributed by atoms with van der Waals surface area (Å²) >= 11 is 0. The molecular weight excluding hydrogens is 427 g/mol. The molecule has 2 rings (SSSR count). The van der Waals surface area contributed by atoms with E-state index >= 15 is 0 Å². The van der Waals surface area contributed by atoms with Crippen LogP contribution >= 0.6 is 0 Å². The van der Waals surface area contributed by atoms with E-state index in [-0.39, 0.29) is 55.1 Å². The Bertz CT molecular complexity index is 803. The molecular formula is C22H32F3N3O4. The number of hydrogen-bond acceptors (Lipinski definition) is 5. The van der Waals surface area contributed by atoms with Crippen molar-refractivity contribution in [2.75, 3.05) is 45.7 Å². The number of carbonyl (C=O) groups excluding carboxylic acids is 2. The van der Waals surface area contributed by atoms with Gasteiger partial charge in [0.2, 0.25) is 5.91 Å². The number of carbonyl (C=O) groups is 2. The predicted octanol–water partition coefficient (Wildman–Crippen LogP) is 3.40. The van der Waals surface area contributed by atoms with Gasteiger partial charge in [0.15, 0.2) is 0 Å². The fourth-order valence-electron chi connectivity index (χ4n) is 3.71. The van der Waals surface area contributed by atoms with Crippen LogP contribution in [0.2, 0.25) is 0 Å². The summed E-state index contributed by atoms with van der Waals surface area (Å²) in [5, 5.41) is 2.65. The molecule has 0 spiro atoms. The van der Waals surface area contributed by atoms with E-state index in [0.717, 1.165) is 0 Å². The second kappa shape index (κ2) is 11.0. The van der Waals surface area contributed by atoms with Crippen LogP contribution in [0.3, 0.4) is 0 Å². The van der Waals surface area contributed by atoms with E-state index in [2.05, 4.69) is 5.32 Å². The van der Waals surface area contributed by atoms with Gasteiger partial charge in [0.05, 0.1) is 18.1 Å². The highest BCUT2D eigenvalue weighted by Crippen LogP contribution is 2.27. The lowest BCUT2D eigenvalue weighted by Gasteiger charge is -2.36. The molecule has 1 aliphatic rings. The number of fused-ring (bicyclic) bond motifs is 1. The van der Waals surface area contributed by atoms with Crippen molar-refractivity contribution in [2.24, 2.45) is 5.92 Å². The van der Waals surface area contributed by atoms with E-state index in [1.807, 2.05) is 6.92 Å². The van der Waals surface area contributed by atoms with Gasteiger partial charge in [-0.25, -0.2) is 0 Å². The van der Waals surface area contributed by atoms with E-state index in [0.29, 0.717) is 18.0 Å². The molecule has 0 saturated carbocycles. The Morgan fingerprint density at radius 2 is 1.97 bits per heavy atom. The summed E-state index contributed by atoms with van der Waals surface area (Å²) in [6, 6.07) is 4.42. The molecule has 0 aromatic heterocycles. The molecule has 2 amide bonds. The normalized spacial score (nSPS) is 23.6. The third-order valence-electron chi connectivity index (χ3n) is 5.58. The lowest BCUT2D eigenvalue weighted by molar-refractivity contribution is -0.140. The number of methoxy groups -OCH3 is 1. The highest BCUT2D eigenvalue weighted by atomic mass is 19.4. The van der Waals surface area contributed by atoms with Crippen LogP contribution in [0.5, 0.6) is 5.75 Å². The molecule has 0 bridgehead atoms. The summed E-state index contributed by atoms with van der Waals surface area (Å²) in [6.45, 7) is 5.64. The molecule has 1 heterocycles. The highest BCUT2D eigenvalue weighted by molar-refractivity contribution is 5.99. The Kier molecular flexibility index (Phi) is 8.91. The maximum atomic E-state index is 13.2. The lowest BCUT2D eigenvalue weighted by Crippen LogP contribution is -2.47. The minimum Gasteiger partial charge on any atom is -0.491 e. The third-order valence-corrected chi connectivity index (χ3v) is 5.58. The lowest BCUT2D eigenvalue weighted by atomic mass is 10.0. The number of rotatable bonds is 4. The Balaban J connectivity index is 2.39. The summed E-state index contributed by atoms with van der Waals surface area (Å²) in [4.78, 5) is 27.8. The molecule has 1 N–H and O–H groups in total. The number of ether oxygens (including phenoxy) is 2. The number of alkyl halides is 3. The standard InChI is InChI=1S/C22H32F3N3O4/c1-14-11-28(9-8-22(23,24)25)15(2)13-32-19-7-6-17(26-16(3)29)10-18(19)21(30)27(4)12-20(14)31-5/h6-7,10,14-15,20H,8-9,11-13H2,1-5H3,(H,26,29)/t14-,15+,20-/m0/s1. The van der Waals surface area contributed by atoms with Crippen molar-refractivity contribution in [3.63, 3.8) is 0 Å². The van der Waals surface area contributed by atoms with Crippen molar-refractivity contribution in [2.45, 2.75) is 45.5 Å². The van der Waals surface area contributed by atoms with Crippen LogP contribution in [0.4, 0.5) is 18.9 Å². The number of hydrogen-bond donors (Lipinski definition) is 1. The predicted molar refractivity (Wildman–Crippen MR) is 115 cm³/mol. The number of likely N-dealkylation sites (N-methyl/N-ethyl adjacent to an activating group) is 1. The first-order valence-electron chi connectivity index (χ1n) is 10.5. The molecule has 32 heavy (non-hydrogen) atoms. The molecule has 7 nitrogen and oxygen atoms in total. The molecule has 3 atom stereocenters. The summed E-state index contributed by atoms with van der Waals surface area (Å²) in [7, 11) is 3.16. The molecule has 0 saturated heterocycles. The second-order valence-electron chi connectivity index (χ2n) is 8.35. The Labute approximate surface area is 186 Å². The quantitative estimate of drug-likeness (QED) is 0.747. The van der Waals surface area contributed by atoms with Gasteiger partial charge in [-0.05, 0) is 31.0 Å². The van der Waals surface area contributed by atoms with Crippen molar-refractivity contribution in [1.82, 2.24) is 9.80 Å². The first kappa shape index (κ1) is 25.9. The fraction of sp³-hybridized carbons (Fsp3) is 0.636. The molecule has 0 unspecified atom stereocenters. The average molecular weight is 460 g/mol. The first-order valence-corrected chi connectivity index (χ1v) is 10.5. The average Bonchev–Trinajstić information content (AvgIpc) is 2.70. The maximum Gasteiger partial charge on any atom is 0.390 e. The van der Waals surface area contributed by atoms with E-state index in [4.69, 9.17) is 9.47 Å². The van der Waals surface area contributed by atoms with Gasteiger partial charge in [-0.2, -0.15) is 13.2 Å². The molecule has 0 fully saturated rings. The van der Waals surface area contributed by atoms with Crippen LogP contribution in [-0.2, 0) is 9.53 Å². The number of benzene rings is 1. The zero-order valence-corrected chi connectivity index (χ0v) is 19.2. The van der Waals surface area contributed by atoms with Gasteiger partial charge in [0.25, 0.3) is 5.91 Å². The summed E-state index contributed by atoms with van der Waals surface area (Å²) < 4.78 is 50.1. The van der Waals surface area contributed by atoms with Crippen molar-refractivity contribution in [3.8, 4) is 5.75 Å². The van der Waals surface area contributed by atoms with Gasteiger partial charge >= 0.3 is 6.18 Å². The van der Waals surface area contributed by atoms with E-state index in [1.165, 1.54) is 18.9 Å². The summed E-state index contributed by atoms with van der Waals surface area (Å²) in [5.41, 5.74) is 0.709. The van der Waals surface area contributed by atoms with Crippen LogP contribution in [0.25, 0.3) is 0 Å². The summed E-state index contributed by atoms with van der Waals surface area (Å²) in [5.74, 6) is -0.401.